The molecule has 18 heavy (non-hydrogen) atoms. The van der Waals surface area contributed by atoms with Crippen LogP contribution in [0.5, 0.6) is 0 Å². The van der Waals surface area contributed by atoms with Crippen LogP contribution in [0.1, 0.15) is 52.4 Å². The predicted molar refractivity (Wildman–Crippen MR) is 73.8 cm³/mol. The van der Waals surface area contributed by atoms with Crippen molar-refractivity contribution < 1.29 is 9.47 Å². The van der Waals surface area contributed by atoms with Crippen molar-refractivity contribution in [3.63, 3.8) is 0 Å². The lowest BCUT2D eigenvalue weighted by Crippen LogP contribution is -2.43. The zero-order valence-electron chi connectivity index (χ0n) is 12.3. The molecular formula is C15H29NO2. The molecule has 1 saturated heterocycles. The number of ether oxygens (including phenoxy) is 2. The minimum atomic E-state index is 0.110. The predicted octanol–water partition coefficient (Wildman–Crippen LogP) is 2.74. The minimum absolute atomic E-state index is 0.110. The molecule has 0 aromatic rings. The summed E-state index contributed by atoms with van der Waals surface area (Å²) in [5.41, 5.74) is 0.623. The molecule has 106 valence electrons. The second-order valence-corrected chi connectivity index (χ2v) is 6.77. The van der Waals surface area contributed by atoms with Crippen LogP contribution in [0.15, 0.2) is 0 Å². The molecule has 1 atom stereocenters. The molecule has 3 nitrogen and oxygen atoms in total. The van der Waals surface area contributed by atoms with E-state index in [1.807, 2.05) is 0 Å². The second kappa shape index (κ2) is 5.89. The molecule has 1 unspecified atom stereocenters. The molecule has 1 N–H and O–H groups in total. The van der Waals surface area contributed by atoms with Gasteiger partial charge in [0.15, 0.2) is 0 Å². The Balaban J connectivity index is 1.74. The summed E-state index contributed by atoms with van der Waals surface area (Å²) in [4.78, 5) is 0. The number of nitrogens with one attached hydrogen (secondary N) is 1. The Labute approximate surface area is 112 Å². The highest BCUT2D eigenvalue weighted by atomic mass is 16.5. The SMILES string of the molecule is COCCNCC1(CC2CCC(C)(C)O2)CCC1. The highest BCUT2D eigenvalue weighted by Crippen LogP contribution is 2.47. The maximum atomic E-state index is 6.16. The molecular weight excluding hydrogens is 226 g/mol. The summed E-state index contributed by atoms with van der Waals surface area (Å²) in [5, 5.41) is 3.54. The lowest BCUT2D eigenvalue weighted by Gasteiger charge is -2.44. The Hall–Kier alpha value is -0.120. The van der Waals surface area contributed by atoms with Crippen molar-refractivity contribution in [2.24, 2.45) is 5.41 Å². The van der Waals surface area contributed by atoms with Crippen LogP contribution in [-0.2, 0) is 9.47 Å². The number of hydrogen-bond acceptors (Lipinski definition) is 3. The van der Waals surface area contributed by atoms with Gasteiger partial charge in [-0.2, -0.15) is 0 Å². The van der Waals surface area contributed by atoms with Gasteiger partial charge in [-0.15, -0.1) is 0 Å². The first-order valence-corrected chi connectivity index (χ1v) is 7.43. The van der Waals surface area contributed by atoms with Gasteiger partial charge in [-0.3, -0.25) is 0 Å². The van der Waals surface area contributed by atoms with Crippen molar-refractivity contribution in [1.29, 1.82) is 0 Å². The van der Waals surface area contributed by atoms with Crippen LogP contribution in [0.2, 0.25) is 0 Å². The summed E-state index contributed by atoms with van der Waals surface area (Å²) in [6.45, 7) is 7.35. The van der Waals surface area contributed by atoms with Crippen LogP contribution < -0.4 is 5.32 Å². The first kappa shape index (κ1) is 14.3. The molecule has 1 saturated carbocycles. The highest BCUT2D eigenvalue weighted by molar-refractivity contribution is 4.94. The van der Waals surface area contributed by atoms with Crippen molar-refractivity contribution in [2.45, 2.75) is 64.1 Å². The molecule has 0 spiro atoms. The molecule has 1 aliphatic heterocycles. The number of rotatable bonds is 7. The largest absolute Gasteiger partial charge is 0.383 e. The molecule has 3 heteroatoms. The number of hydrogen-bond donors (Lipinski definition) is 1. The van der Waals surface area contributed by atoms with Gasteiger partial charge in [-0.05, 0) is 51.4 Å². The topological polar surface area (TPSA) is 30.5 Å². The lowest BCUT2D eigenvalue weighted by molar-refractivity contribution is -0.0489. The van der Waals surface area contributed by atoms with Gasteiger partial charge in [-0.25, -0.2) is 0 Å². The molecule has 0 bridgehead atoms. The minimum Gasteiger partial charge on any atom is -0.383 e. The monoisotopic (exact) mass is 255 g/mol. The van der Waals surface area contributed by atoms with E-state index >= 15 is 0 Å². The van der Waals surface area contributed by atoms with Gasteiger partial charge in [0.2, 0.25) is 0 Å². The smallest absolute Gasteiger partial charge is 0.0631 e. The van der Waals surface area contributed by atoms with Gasteiger partial charge in [0.25, 0.3) is 0 Å². The molecule has 2 rings (SSSR count). The van der Waals surface area contributed by atoms with Crippen LogP contribution in [-0.4, -0.2) is 38.5 Å². The molecule has 0 radical (unpaired) electrons. The first-order chi connectivity index (χ1) is 8.55. The summed E-state index contributed by atoms with van der Waals surface area (Å²) in [6.07, 6.45) is 8.32. The summed E-state index contributed by atoms with van der Waals surface area (Å²) < 4.78 is 11.2. The third kappa shape index (κ3) is 3.69. The fourth-order valence-electron chi connectivity index (χ4n) is 3.36. The van der Waals surface area contributed by atoms with E-state index < -0.39 is 0 Å². The van der Waals surface area contributed by atoms with E-state index in [9.17, 15) is 0 Å². The number of methoxy groups -OCH3 is 1. The Morgan fingerprint density at radius 2 is 2.06 bits per heavy atom. The molecule has 1 heterocycles. The molecule has 0 aromatic heterocycles. The third-order valence-electron chi connectivity index (χ3n) is 4.61. The molecule has 0 amide bonds. The molecule has 2 aliphatic rings. The maximum Gasteiger partial charge on any atom is 0.0631 e. The van der Waals surface area contributed by atoms with E-state index in [-0.39, 0.29) is 5.60 Å². The fourth-order valence-corrected chi connectivity index (χ4v) is 3.36. The van der Waals surface area contributed by atoms with Gasteiger partial charge in [0.05, 0.1) is 18.3 Å². The van der Waals surface area contributed by atoms with Crippen molar-refractivity contribution in [2.75, 3.05) is 26.8 Å². The second-order valence-electron chi connectivity index (χ2n) is 6.77. The summed E-state index contributed by atoms with van der Waals surface area (Å²) >= 11 is 0. The lowest BCUT2D eigenvalue weighted by atomic mass is 9.65. The van der Waals surface area contributed by atoms with Crippen molar-refractivity contribution in [1.82, 2.24) is 5.32 Å². The van der Waals surface area contributed by atoms with Crippen molar-refractivity contribution in [3.8, 4) is 0 Å². The summed E-state index contributed by atoms with van der Waals surface area (Å²) in [7, 11) is 1.76. The van der Waals surface area contributed by atoms with E-state index in [2.05, 4.69) is 19.2 Å². The van der Waals surface area contributed by atoms with Gasteiger partial charge in [0.1, 0.15) is 0 Å². The van der Waals surface area contributed by atoms with Gasteiger partial charge in [-0.1, -0.05) is 6.42 Å². The van der Waals surface area contributed by atoms with E-state index in [0.717, 1.165) is 19.7 Å². The average molecular weight is 255 g/mol. The van der Waals surface area contributed by atoms with Crippen molar-refractivity contribution >= 4 is 0 Å². The Morgan fingerprint density at radius 1 is 1.28 bits per heavy atom. The van der Waals surface area contributed by atoms with Crippen LogP contribution in [0.3, 0.4) is 0 Å². The van der Waals surface area contributed by atoms with E-state index in [0.29, 0.717) is 11.5 Å². The molecule has 0 aromatic carbocycles. The van der Waals surface area contributed by atoms with Crippen LogP contribution >= 0.6 is 0 Å². The standard InChI is InChI=1S/C15H29NO2/c1-14(2)8-5-13(18-14)11-15(6-4-7-15)12-16-9-10-17-3/h13,16H,4-12H2,1-3H3. The maximum absolute atomic E-state index is 6.16. The summed E-state index contributed by atoms with van der Waals surface area (Å²) in [5.74, 6) is 0. The van der Waals surface area contributed by atoms with E-state index in [1.54, 1.807) is 7.11 Å². The quantitative estimate of drug-likeness (QED) is 0.710. The van der Waals surface area contributed by atoms with Gasteiger partial charge in [0, 0.05) is 20.2 Å². The van der Waals surface area contributed by atoms with Crippen LogP contribution in [0, 0.1) is 5.41 Å². The molecule has 1 aliphatic carbocycles. The normalized spacial score (nSPS) is 29.2. The third-order valence-corrected chi connectivity index (χ3v) is 4.61. The fraction of sp³-hybridized carbons (Fsp3) is 1.00. The van der Waals surface area contributed by atoms with Gasteiger partial charge < -0.3 is 14.8 Å². The highest BCUT2D eigenvalue weighted by Gasteiger charge is 2.42. The molecule has 2 fully saturated rings. The average Bonchev–Trinajstić information content (AvgIpc) is 2.60. The van der Waals surface area contributed by atoms with Crippen molar-refractivity contribution in [3.05, 3.63) is 0 Å². The first-order valence-electron chi connectivity index (χ1n) is 7.43. The Kier molecular flexibility index (Phi) is 4.68. The zero-order chi connectivity index (χ0) is 13.1. The Morgan fingerprint density at radius 3 is 2.56 bits per heavy atom. The zero-order valence-corrected chi connectivity index (χ0v) is 12.3. The van der Waals surface area contributed by atoms with Gasteiger partial charge >= 0.3 is 0 Å². The van der Waals surface area contributed by atoms with Crippen LogP contribution in [0.4, 0.5) is 0 Å². The van der Waals surface area contributed by atoms with Crippen LogP contribution in [0.25, 0.3) is 0 Å². The van der Waals surface area contributed by atoms with E-state index in [1.165, 1.54) is 38.5 Å². The Bertz CT molecular complexity index is 261. The summed E-state index contributed by atoms with van der Waals surface area (Å²) in [6, 6.07) is 0. The van der Waals surface area contributed by atoms with E-state index in [4.69, 9.17) is 9.47 Å².